The van der Waals surface area contributed by atoms with Gasteiger partial charge in [-0.2, -0.15) is 0 Å². The van der Waals surface area contributed by atoms with Gasteiger partial charge in [0.25, 0.3) is 0 Å². The number of carbonyl (C=O) groups is 2. The first-order valence-electron chi connectivity index (χ1n) is 8.24. The SMILES string of the molecule is COC(=O)[C@@H]1CCCN1C(=O)CC1Cc2cc(C)c(N)cc2C1. The second-order valence-corrected chi connectivity index (χ2v) is 6.72. The molecule has 5 heteroatoms. The number of aryl methyl sites for hydroxylation is 1. The zero-order valence-corrected chi connectivity index (χ0v) is 13.8. The number of nitrogens with two attached hydrogens (primary N) is 1. The van der Waals surface area contributed by atoms with E-state index in [2.05, 4.69) is 6.07 Å². The molecule has 1 aliphatic heterocycles. The van der Waals surface area contributed by atoms with Gasteiger partial charge in [0, 0.05) is 18.7 Å². The predicted octanol–water partition coefficient (Wildman–Crippen LogP) is 1.85. The minimum Gasteiger partial charge on any atom is -0.467 e. The molecule has 124 valence electrons. The Morgan fingerprint density at radius 1 is 1.30 bits per heavy atom. The zero-order valence-electron chi connectivity index (χ0n) is 13.8. The number of likely N-dealkylation sites (tertiary alicyclic amines) is 1. The number of nitrogen functional groups attached to an aromatic ring is 1. The van der Waals surface area contributed by atoms with Crippen LogP contribution in [0, 0.1) is 12.8 Å². The highest BCUT2D eigenvalue weighted by molar-refractivity contribution is 5.85. The molecule has 1 fully saturated rings. The lowest BCUT2D eigenvalue weighted by Gasteiger charge is -2.24. The van der Waals surface area contributed by atoms with Crippen LogP contribution in [0.25, 0.3) is 0 Å². The van der Waals surface area contributed by atoms with Crippen molar-refractivity contribution < 1.29 is 14.3 Å². The van der Waals surface area contributed by atoms with Gasteiger partial charge in [-0.3, -0.25) is 4.79 Å². The summed E-state index contributed by atoms with van der Waals surface area (Å²) in [6.45, 7) is 2.67. The Morgan fingerprint density at radius 2 is 2.00 bits per heavy atom. The van der Waals surface area contributed by atoms with E-state index in [4.69, 9.17) is 10.5 Å². The summed E-state index contributed by atoms with van der Waals surface area (Å²) < 4.78 is 4.81. The third kappa shape index (κ3) is 3.05. The first-order chi connectivity index (χ1) is 11.0. The Labute approximate surface area is 136 Å². The highest BCUT2D eigenvalue weighted by atomic mass is 16.5. The standard InChI is InChI=1S/C18H24N2O3/c1-11-6-13-7-12(8-14(13)10-15(11)19)9-17(21)20-5-3-4-16(20)18(22)23-2/h6,10,12,16H,3-5,7-9,19H2,1-2H3/t12?,16-/m0/s1. The highest BCUT2D eigenvalue weighted by Gasteiger charge is 2.36. The fourth-order valence-corrected chi connectivity index (χ4v) is 3.86. The predicted molar refractivity (Wildman–Crippen MR) is 87.9 cm³/mol. The molecule has 0 aromatic heterocycles. The maximum atomic E-state index is 12.6. The van der Waals surface area contributed by atoms with Crippen LogP contribution in [0.15, 0.2) is 12.1 Å². The van der Waals surface area contributed by atoms with E-state index in [-0.39, 0.29) is 11.9 Å². The van der Waals surface area contributed by atoms with Crippen molar-refractivity contribution in [2.45, 2.75) is 45.1 Å². The molecule has 1 heterocycles. The molecule has 0 saturated carbocycles. The molecule has 2 aliphatic rings. The van der Waals surface area contributed by atoms with E-state index in [1.54, 1.807) is 4.90 Å². The van der Waals surface area contributed by atoms with Crippen LogP contribution in [0.5, 0.6) is 0 Å². The second-order valence-electron chi connectivity index (χ2n) is 6.72. The lowest BCUT2D eigenvalue weighted by atomic mass is 10.0. The number of methoxy groups -OCH3 is 1. The van der Waals surface area contributed by atoms with Crippen molar-refractivity contribution in [3.63, 3.8) is 0 Å². The van der Waals surface area contributed by atoms with Crippen molar-refractivity contribution in [1.29, 1.82) is 0 Å². The fraction of sp³-hybridized carbons (Fsp3) is 0.556. The largest absolute Gasteiger partial charge is 0.467 e. The molecule has 1 aromatic carbocycles. The van der Waals surface area contributed by atoms with Crippen LogP contribution < -0.4 is 5.73 Å². The summed E-state index contributed by atoms with van der Waals surface area (Å²) in [7, 11) is 1.38. The monoisotopic (exact) mass is 316 g/mol. The molecule has 0 spiro atoms. The van der Waals surface area contributed by atoms with E-state index in [1.165, 1.54) is 18.2 Å². The zero-order chi connectivity index (χ0) is 16.6. The molecule has 1 aromatic rings. The number of esters is 1. The topological polar surface area (TPSA) is 72.6 Å². The quantitative estimate of drug-likeness (QED) is 0.682. The number of rotatable bonds is 3. The van der Waals surface area contributed by atoms with Gasteiger partial charge in [-0.15, -0.1) is 0 Å². The summed E-state index contributed by atoms with van der Waals surface area (Å²) in [6.07, 6.45) is 3.87. The maximum absolute atomic E-state index is 12.6. The van der Waals surface area contributed by atoms with E-state index >= 15 is 0 Å². The molecule has 1 saturated heterocycles. The summed E-state index contributed by atoms with van der Waals surface area (Å²) in [5.74, 6) is 0.0759. The van der Waals surface area contributed by atoms with Crippen molar-refractivity contribution in [1.82, 2.24) is 4.90 Å². The van der Waals surface area contributed by atoms with Gasteiger partial charge in [-0.25, -0.2) is 4.79 Å². The second kappa shape index (κ2) is 6.22. The summed E-state index contributed by atoms with van der Waals surface area (Å²) in [5, 5.41) is 0. The minimum absolute atomic E-state index is 0.0698. The lowest BCUT2D eigenvalue weighted by Crippen LogP contribution is -2.41. The normalized spacial score (nSPS) is 23.0. The van der Waals surface area contributed by atoms with Crippen LogP contribution in [0.2, 0.25) is 0 Å². The summed E-state index contributed by atoms with van der Waals surface area (Å²) in [4.78, 5) is 26.1. The molecule has 2 N–H and O–H groups in total. The number of anilines is 1. The van der Waals surface area contributed by atoms with E-state index in [0.717, 1.165) is 30.5 Å². The summed E-state index contributed by atoms with van der Waals surface area (Å²) in [5.41, 5.74) is 10.5. The van der Waals surface area contributed by atoms with Crippen LogP contribution in [0.3, 0.4) is 0 Å². The van der Waals surface area contributed by atoms with Gasteiger partial charge in [0.05, 0.1) is 7.11 Å². The van der Waals surface area contributed by atoms with Gasteiger partial charge in [-0.05, 0) is 61.3 Å². The molecule has 0 radical (unpaired) electrons. The molecule has 1 unspecified atom stereocenters. The number of ether oxygens (including phenoxy) is 1. The Bertz CT molecular complexity index is 610. The van der Waals surface area contributed by atoms with Crippen LogP contribution in [0.4, 0.5) is 5.69 Å². The van der Waals surface area contributed by atoms with Crippen molar-refractivity contribution in [3.05, 3.63) is 28.8 Å². The molecule has 3 rings (SSSR count). The van der Waals surface area contributed by atoms with Crippen molar-refractivity contribution in [2.75, 3.05) is 19.4 Å². The average molecular weight is 316 g/mol. The smallest absolute Gasteiger partial charge is 0.328 e. The Hall–Kier alpha value is -2.04. The summed E-state index contributed by atoms with van der Waals surface area (Å²) >= 11 is 0. The maximum Gasteiger partial charge on any atom is 0.328 e. The van der Waals surface area contributed by atoms with Gasteiger partial charge in [-0.1, -0.05) is 6.07 Å². The summed E-state index contributed by atoms with van der Waals surface area (Å²) in [6, 6.07) is 3.79. The van der Waals surface area contributed by atoms with E-state index in [9.17, 15) is 9.59 Å². The van der Waals surface area contributed by atoms with Crippen LogP contribution >= 0.6 is 0 Å². The molecular weight excluding hydrogens is 292 g/mol. The number of hydrogen-bond acceptors (Lipinski definition) is 4. The van der Waals surface area contributed by atoms with E-state index in [1.807, 2.05) is 13.0 Å². The lowest BCUT2D eigenvalue weighted by molar-refractivity contribution is -0.151. The number of hydrogen-bond donors (Lipinski definition) is 1. The van der Waals surface area contributed by atoms with Gasteiger partial charge in [0.1, 0.15) is 6.04 Å². The number of benzene rings is 1. The van der Waals surface area contributed by atoms with Crippen molar-refractivity contribution in [3.8, 4) is 0 Å². The number of amides is 1. The molecule has 2 atom stereocenters. The number of fused-ring (bicyclic) bond motifs is 1. The Morgan fingerprint density at radius 3 is 2.70 bits per heavy atom. The Balaban J connectivity index is 1.64. The molecule has 1 amide bonds. The van der Waals surface area contributed by atoms with Crippen LogP contribution in [-0.4, -0.2) is 36.5 Å². The molecule has 5 nitrogen and oxygen atoms in total. The van der Waals surface area contributed by atoms with E-state index < -0.39 is 6.04 Å². The molecule has 1 aliphatic carbocycles. The first-order valence-corrected chi connectivity index (χ1v) is 8.24. The third-order valence-corrected chi connectivity index (χ3v) is 5.12. The molecular formula is C18H24N2O3. The van der Waals surface area contributed by atoms with Gasteiger partial charge in [0.2, 0.25) is 5.91 Å². The molecule has 0 bridgehead atoms. The van der Waals surface area contributed by atoms with Crippen LogP contribution in [0.1, 0.15) is 36.0 Å². The number of carbonyl (C=O) groups excluding carboxylic acids is 2. The number of nitrogens with zero attached hydrogens (tertiary/aromatic N) is 1. The minimum atomic E-state index is -0.394. The first kappa shape index (κ1) is 15.8. The highest BCUT2D eigenvalue weighted by Crippen LogP contribution is 2.33. The van der Waals surface area contributed by atoms with Crippen molar-refractivity contribution >= 4 is 17.6 Å². The average Bonchev–Trinajstić information content (AvgIpc) is 3.13. The van der Waals surface area contributed by atoms with Crippen LogP contribution in [-0.2, 0) is 27.2 Å². The van der Waals surface area contributed by atoms with Crippen molar-refractivity contribution in [2.24, 2.45) is 5.92 Å². The van der Waals surface area contributed by atoms with Gasteiger partial charge < -0.3 is 15.4 Å². The van der Waals surface area contributed by atoms with Gasteiger partial charge >= 0.3 is 5.97 Å². The molecule has 23 heavy (non-hydrogen) atoms. The Kier molecular flexibility index (Phi) is 4.28. The fourth-order valence-electron chi connectivity index (χ4n) is 3.86. The van der Waals surface area contributed by atoms with Gasteiger partial charge in [0.15, 0.2) is 0 Å². The van der Waals surface area contributed by atoms with E-state index in [0.29, 0.717) is 25.3 Å². The third-order valence-electron chi connectivity index (χ3n) is 5.12.